The van der Waals surface area contributed by atoms with Crippen LogP contribution >= 0.6 is 11.8 Å². The summed E-state index contributed by atoms with van der Waals surface area (Å²) in [6.07, 6.45) is 5.32. The molecule has 4 saturated heterocycles. The number of hydrogen-bond donors (Lipinski definition) is 3. The van der Waals surface area contributed by atoms with E-state index in [-0.39, 0.29) is 58.3 Å². The number of methoxy groups -OCH3 is 1. The highest BCUT2D eigenvalue weighted by molar-refractivity contribution is 8.00. The van der Waals surface area contributed by atoms with Crippen LogP contribution in [-0.4, -0.2) is 85.6 Å². The second kappa shape index (κ2) is 11.6. The number of fused-ring (bicyclic) bond motifs is 1. The zero-order valence-corrected chi connectivity index (χ0v) is 22.3. The fraction of sp³-hybridized carbons (Fsp3) is 0.885. The van der Waals surface area contributed by atoms with E-state index in [0.29, 0.717) is 31.8 Å². The van der Waals surface area contributed by atoms with Crippen LogP contribution in [0, 0.1) is 40.9 Å². The van der Waals surface area contributed by atoms with E-state index in [1.165, 1.54) is 0 Å². The lowest BCUT2D eigenvalue weighted by atomic mass is 9.66. The minimum Gasteiger partial charge on any atom is -0.381 e. The summed E-state index contributed by atoms with van der Waals surface area (Å²) in [7, 11) is 1.76. The molecular weight excluding hydrogens is 478 g/mol. The molecule has 10 unspecified atom stereocenters. The number of likely N-dealkylation sites (tertiary alicyclic amines) is 1. The van der Waals surface area contributed by atoms with E-state index in [1.807, 2.05) is 4.90 Å². The maximum atomic E-state index is 13.6. The van der Waals surface area contributed by atoms with Crippen molar-refractivity contribution in [3.05, 3.63) is 0 Å². The average molecular weight is 520 g/mol. The smallest absolute Gasteiger partial charge is 0.228 e. The normalized spacial score (nSPS) is 43.0. The molecule has 0 bridgehead atoms. The van der Waals surface area contributed by atoms with Gasteiger partial charge >= 0.3 is 0 Å². The molecule has 0 radical (unpaired) electrons. The van der Waals surface area contributed by atoms with Crippen LogP contribution in [0.4, 0.5) is 0 Å². The zero-order valence-electron chi connectivity index (χ0n) is 21.5. The van der Waals surface area contributed by atoms with Crippen molar-refractivity contribution in [2.24, 2.45) is 29.6 Å². The third-order valence-electron chi connectivity index (χ3n) is 9.13. The van der Waals surface area contributed by atoms with Crippen LogP contribution in [0.25, 0.3) is 0 Å². The fourth-order valence-corrected chi connectivity index (χ4v) is 8.54. The molecular formula is C26H41N5O4S. The summed E-state index contributed by atoms with van der Waals surface area (Å²) in [6, 6.07) is 3.11. The number of thioether (sulfide) groups is 1. The first-order chi connectivity index (χ1) is 17.5. The fourth-order valence-electron chi connectivity index (χ4n) is 7.09. The number of rotatable bonds is 5. The average Bonchev–Trinajstić information content (AvgIpc) is 3.57. The second-order valence-electron chi connectivity index (χ2n) is 11.4. The molecule has 0 aromatic carbocycles. The van der Waals surface area contributed by atoms with Crippen molar-refractivity contribution < 1.29 is 19.1 Å². The van der Waals surface area contributed by atoms with Crippen molar-refractivity contribution in [3.8, 4) is 6.07 Å². The summed E-state index contributed by atoms with van der Waals surface area (Å²) >= 11 is 1.74. The molecule has 200 valence electrons. The number of hydrogen-bond acceptors (Lipinski definition) is 8. The predicted molar refractivity (Wildman–Crippen MR) is 137 cm³/mol. The SMILES string of the molecule is COC1CCC(C#N)CC1C1CC(C)NCC1C(=O)NC1NC2CCN(C(=O)C3CCOC3)CC2S1. The molecule has 1 saturated carbocycles. The first kappa shape index (κ1) is 26.2. The van der Waals surface area contributed by atoms with Crippen molar-refractivity contribution in [1.29, 1.82) is 5.26 Å². The third kappa shape index (κ3) is 5.56. The molecule has 5 rings (SSSR count). The first-order valence-electron chi connectivity index (χ1n) is 13.7. The molecule has 2 amide bonds. The van der Waals surface area contributed by atoms with Gasteiger partial charge in [0.15, 0.2) is 0 Å². The van der Waals surface area contributed by atoms with E-state index < -0.39 is 0 Å². The van der Waals surface area contributed by atoms with Gasteiger partial charge in [-0.1, -0.05) is 0 Å². The summed E-state index contributed by atoms with van der Waals surface area (Å²) in [4.78, 5) is 28.5. The Morgan fingerprint density at radius 2 is 2.06 bits per heavy atom. The van der Waals surface area contributed by atoms with Gasteiger partial charge in [-0.2, -0.15) is 5.26 Å². The highest BCUT2D eigenvalue weighted by atomic mass is 32.2. The van der Waals surface area contributed by atoms with Gasteiger partial charge in [-0.25, -0.2) is 0 Å². The van der Waals surface area contributed by atoms with Crippen LogP contribution in [0.3, 0.4) is 0 Å². The summed E-state index contributed by atoms with van der Waals surface area (Å²) in [5, 5.41) is 20.3. The van der Waals surface area contributed by atoms with Crippen LogP contribution in [0.5, 0.6) is 0 Å². The van der Waals surface area contributed by atoms with E-state index in [2.05, 4.69) is 28.9 Å². The Morgan fingerprint density at radius 3 is 2.81 bits per heavy atom. The van der Waals surface area contributed by atoms with Crippen LogP contribution in [0.1, 0.15) is 45.4 Å². The van der Waals surface area contributed by atoms with Gasteiger partial charge in [-0.15, -0.1) is 11.8 Å². The first-order valence-corrected chi connectivity index (χ1v) is 14.6. The third-order valence-corrected chi connectivity index (χ3v) is 10.5. The summed E-state index contributed by atoms with van der Waals surface area (Å²) < 4.78 is 11.3. The molecule has 4 aliphatic heterocycles. The second-order valence-corrected chi connectivity index (χ2v) is 12.7. The van der Waals surface area contributed by atoms with Gasteiger partial charge in [-0.3, -0.25) is 14.9 Å². The van der Waals surface area contributed by atoms with Crippen LogP contribution in [0.2, 0.25) is 0 Å². The number of ether oxygens (including phenoxy) is 2. The molecule has 10 heteroatoms. The van der Waals surface area contributed by atoms with Crippen LogP contribution in [-0.2, 0) is 19.1 Å². The Labute approximate surface area is 218 Å². The Hall–Kier alpha value is -1.38. The van der Waals surface area contributed by atoms with Crippen molar-refractivity contribution in [1.82, 2.24) is 20.9 Å². The number of carbonyl (C=O) groups excluding carboxylic acids is 2. The minimum atomic E-state index is -0.147. The monoisotopic (exact) mass is 519 g/mol. The lowest BCUT2D eigenvalue weighted by Crippen LogP contribution is -2.55. The van der Waals surface area contributed by atoms with E-state index in [0.717, 1.165) is 51.6 Å². The van der Waals surface area contributed by atoms with E-state index in [4.69, 9.17) is 9.47 Å². The highest BCUT2D eigenvalue weighted by Gasteiger charge is 2.46. The Bertz CT molecular complexity index is 849. The largest absolute Gasteiger partial charge is 0.381 e. The van der Waals surface area contributed by atoms with Gasteiger partial charge in [0, 0.05) is 56.6 Å². The number of amides is 2. The topological polar surface area (TPSA) is 116 Å². The van der Waals surface area contributed by atoms with Crippen LogP contribution < -0.4 is 16.0 Å². The van der Waals surface area contributed by atoms with E-state index in [1.54, 1.807) is 18.9 Å². The molecule has 9 nitrogen and oxygen atoms in total. The number of nitriles is 1. The molecule has 5 fully saturated rings. The lowest BCUT2D eigenvalue weighted by Gasteiger charge is -2.44. The van der Waals surface area contributed by atoms with Gasteiger partial charge in [-0.05, 0) is 57.3 Å². The lowest BCUT2D eigenvalue weighted by molar-refractivity contribution is -0.136. The van der Waals surface area contributed by atoms with Crippen molar-refractivity contribution >= 4 is 23.6 Å². The van der Waals surface area contributed by atoms with E-state index in [9.17, 15) is 14.9 Å². The molecule has 0 spiro atoms. The van der Waals surface area contributed by atoms with Crippen molar-refractivity contribution in [3.63, 3.8) is 0 Å². The number of carbonyl (C=O) groups is 2. The standard InChI is InChI=1S/C26H41N5O4S/c1-15-9-18(19-10-16(11-27)3-4-22(19)34-2)20(12-28-15)24(32)30-26-29-21-5-7-31(13-23(21)36-26)25(33)17-6-8-35-14-17/h15-23,26,28-29H,3-10,12-14H2,1-2H3,(H,30,32). The molecule has 3 N–H and O–H groups in total. The van der Waals surface area contributed by atoms with E-state index >= 15 is 0 Å². The highest BCUT2D eigenvalue weighted by Crippen LogP contribution is 2.42. The van der Waals surface area contributed by atoms with Gasteiger partial charge < -0.3 is 25.0 Å². The molecule has 0 aromatic heterocycles. The van der Waals surface area contributed by atoms with Crippen molar-refractivity contribution in [2.45, 2.75) is 74.4 Å². The number of nitrogens with zero attached hydrogens (tertiary/aromatic N) is 2. The molecule has 1 aliphatic carbocycles. The predicted octanol–water partition coefficient (Wildman–Crippen LogP) is 1.30. The summed E-state index contributed by atoms with van der Waals surface area (Å²) in [5.41, 5.74) is -0.145. The number of nitrogens with one attached hydrogen (secondary N) is 3. The maximum Gasteiger partial charge on any atom is 0.228 e. The maximum absolute atomic E-state index is 13.6. The Kier molecular flexibility index (Phi) is 8.43. The van der Waals surface area contributed by atoms with Gasteiger partial charge in [0.2, 0.25) is 11.8 Å². The minimum absolute atomic E-state index is 0.00545. The summed E-state index contributed by atoms with van der Waals surface area (Å²) in [5.74, 6) is 0.620. The molecule has 5 aliphatic rings. The van der Waals surface area contributed by atoms with Crippen LogP contribution in [0.15, 0.2) is 0 Å². The molecule has 0 aromatic rings. The molecule has 36 heavy (non-hydrogen) atoms. The quantitative estimate of drug-likeness (QED) is 0.498. The Balaban J connectivity index is 1.20. The van der Waals surface area contributed by atoms with Gasteiger partial charge in [0.05, 0.1) is 30.6 Å². The Morgan fingerprint density at radius 1 is 1.19 bits per heavy atom. The number of piperidine rings is 2. The zero-order chi connectivity index (χ0) is 25.2. The van der Waals surface area contributed by atoms with Gasteiger partial charge in [0.1, 0.15) is 5.50 Å². The molecule has 4 heterocycles. The molecule has 10 atom stereocenters. The van der Waals surface area contributed by atoms with Crippen molar-refractivity contribution in [2.75, 3.05) is 40.0 Å². The van der Waals surface area contributed by atoms with Gasteiger partial charge in [0.25, 0.3) is 0 Å². The summed E-state index contributed by atoms with van der Waals surface area (Å²) in [6.45, 7) is 5.54.